The zero-order chi connectivity index (χ0) is 14.7. The topological polar surface area (TPSA) is 45.6 Å². The SMILES string of the molecule is O=C1C[Se]C(=Nc2ccccc2I)N1Cc1ccncc1. The molecule has 0 spiro atoms. The molecule has 2 aromatic rings. The fourth-order valence-corrected chi connectivity index (χ4v) is 4.34. The van der Waals surface area contributed by atoms with Gasteiger partial charge in [-0.15, -0.1) is 0 Å². The Balaban J connectivity index is 1.88. The Hall–Kier alpha value is -1.24. The second-order valence-corrected chi connectivity index (χ2v) is 7.61. The molecule has 0 unspecified atom stereocenters. The van der Waals surface area contributed by atoms with Crippen molar-refractivity contribution in [2.75, 3.05) is 0 Å². The van der Waals surface area contributed by atoms with E-state index in [1.165, 1.54) is 0 Å². The van der Waals surface area contributed by atoms with E-state index in [4.69, 9.17) is 4.99 Å². The van der Waals surface area contributed by atoms with Crippen molar-refractivity contribution in [2.45, 2.75) is 11.9 Å². The molecule has 1 aliphatic rings. The number of para-hydroxylation sites is 1. The van der Waals surface area contributed by atoms with Crippen molar-refractivity contribution in [1.29, 1.82) is 0 Å². The summed E-state index contributed by atoms with van der Waals surface area (Å²) in [5.74, 6) is 0.163. The number of carbonyl (C=O) groups is 1. The van der Waals surface area contributed by atoms with Crippen molar-refractivity contribution in [3.8, 4) is 0 Å². The van der Waals surface area contributed by atoms with Crippen LogP contribution in [0.4, 0.5) is 5.69 Å². The second kappa shape index (κ2) is 6.68. The fourth-order valence-electron chi connectivity index (χ4n) is 1.95. The van der Waals surface area contributed by atoms with Crippen molar-refractivity contribution < 1.29 is 4.79 Å². The van der Waals surface area contributed by atoms with Crippen LogP contribution in [-0.2, 0) is 11.3 Å². The number of halogens is 1. The number of amidine groups is 1. The number of pyridine rings is 1. The van der Waals surface area contributed by atoms with Crippen LogP contribution in [0, 0.1) is 3.57 Å². The zero-order valence-corrected chi connectivity index (χ0v) is 14.9. The number of nitrogens with zero attached hydrogens (tertiary/aromatic N) is 3. The zero-order valence-electron chi connectivity index (χ0n) is 11.1. The summed E-state index contributed by atoms with van der Waals surface area (Å²) in [6.45, 7) is 0.575. The Morgan fingerprint density at radius 1 is 1.24 bits per heavy atom. The van der Waals surface area contributed by atoms with Crippen LogP contribution in [-0.4, -0.2) is 35.5 Å². The van der Waals surface area contributed by atoms with Crippen molar-refractivity contribution in [1.82, 2.24) is 9.88 Å². The summed E-state index contributed by atoms with van der Waals surface area (Å²) in [6, 6.07) is 11.8. The van der Waals surface area contributed by atoms with Gasteiger partial charge in [0.2, 0.25) is 0 Å². The van der Waals surface area contributed by atoms with Crippen molar-refractivity contribution >= 4 is 53.9 Å². The molecule has 0 aliphatic carbocycles. The molecule has 0 N–H and O–H groups in total. The summed E-state index contributed by atoms with van der Waals surface area (Å²) >= 11 is 2.39. The third-order valence-corrected chi connectivity index (χ3v) is 5.94. The molecule has 106 valence electrons. The van der Waals surface area contributed by atoms with Gasteiger partial charge in [0.25, 0.3) is 0 Å². The van der Waals surface area contributed by atoms with E-state index in [1.54, 1.807) is 17.3 Å². The molecule has 1 saturated heterocycles. The van der Waals surface area contributed by atoms with Gasteiger partial charge in [-0.2, -0.15) is 0 Å². The Kier molecular flexibility index (Phi) is 4.67. The minimum atomic E-state index is 0.114. The minimum absolute atomic E-state index is 0.114. The number of rotatable bonds is 3. The predicted molar refractivity (Wildman–Crippen MR) is 91.6 cm³/mol. The molecule has 0 saturated carbocycles. The quantitative estimate of drug-likeness (QED) is 0.527. The van der Waals surface area contributed by atoms with Gasteiger partial charge in [-0.05, 0) is 0 Å². The molecule has 21 heavy (non-hydrogen) atoms. The van der Waals surface area contributed by atoms with E-state index < -0.39 is 0 Å². The van der Waals surface area contributed by atoms with Gasteiger partial charge in [-0.1, -0.05) is 0 Å². The van der Waals surface area contributed by atoms with Crippen LogP contribution in [0.15, 0.2) is 53.8 Å². The summed E-state index contributed by atoms with van der Waals surface area (Å²) in [7, 11) is 0. The Bertz CT molecular complexity index is 690. The third kappa shape index (κ3) is 3.51. The van der Waals surface area contributed by atoms with Crippen LogP contribution in [0.5, 0.6) is 0 Å². The molecule has 6 heteroatoms. The Morgan fingerprint density at radius 2 is 2.00 bits per heavy atom. The van der Waals surface area contributed by atoms with E-state index in [0.717, 1.165) is 19.6 Å². The molecule has 0 atom stereocenters. The van der Waals surface area contributed by atoms with Crippen LogP contribution < -0.4 is 0 Å². The molecule has 1 aromatic heterocycles. The summed E-state index contributed by atoms with van der Waals surface area (Å²) in [5, 5.41) is 0.598. The summed E-state index contributed by atoms with van der Waals surface area (Å²) < 4.78 is 2.01. The van der Waals surface area contributed by atoms with Gasteiger partial charge in [0.15, 0.2) is 0 Å². The van der Waals surface area contributed by atoms with Crippen LogP contribution in [0.1, 0.15) is 5.56 Å². The van der Waals surface area contributed by atoms with Crippen LogP contribution in [0.2, 0.25) is 5.32 Å². The number of benzene rings is 1. The van der Waals surface area contributed by atoms with E-state index in [0.29, 0.717) is 11.9 Å². The number of aliphatic imine (C=N–C) groups is 1. The molecule has 0 radical (unpaired) electrons. The van der Waals surface area contributed by atoms with E-state index in [9.17, 15) is 4.79 Å². The maximum atomic E-state index is 12.1. The number of carbonyl (C=O) groups excluding carboxylic acids is 1. The Labute approximate surface area is 143 Å². The molecule has 1 fully saturated rings. The summed E-state index contributed by atoms with van der Waals surface area (Å²) in [5.41, 5.74) is 2.01. The number of hydrogen-bond donors (Lipinski definition) is 0. The van der Waals surface area contributed by atoms with Gasteiger partial charge in [-0.25, -0.2) is 0 Å². The van der Waals surface area contributed by atoms with Gasteiger partial charge in [-0.3, -0.25) is 0 Å². The molecule has 2 heterocycles. The molecule has 0 bridgehead atoms. The third-order valence-electron chi connectivity index (χ3n) is 3.02. The summed E-state index contributed by atoms with van der Waals surface area (Å²) in [4.78, 5) is 22.6. The average Bonchev–Trinajstić information content (AvgIpc) is 2.84. The van der Waals surface area contributed by atoms with E-state index in [2.05, 4.69) is 27.6 Å². The van der Waals surface area contributed by atoms with Crippen molar-refractivity contribution in [3.63, 3.8) is 0 Å². The van der Waals surface area contributed by atoms with Gasteiger partial charge >= 0.3 is 143 Å². The average molecular weight is 456 g/mol. The van der Waals surface area contributed by atoms with Crippen molar-refractivity contribution in [2.24, 2.45) is 4.99 Å². The van der Waals surface area contributed by atoms with E-state index >= 15 is 0 Å². The first-order valence-corrected chi connectivity index (χ1v) is 9.54. The van der Waals surface area contributed by atoms with Gasteiger partial charge < -0.3 is 0 Å². The first kappa shape index (κ1) is 14.7. The normalized spacial score (nSPS) is 16.7. The molecule has 1 aromatic carbocycles. The van der Waals surface area contributed by atoms with Gasteiger partial charge in [0.1, 0.15) is 0 Å². The molecule has 4 nitrogen and oxygen atoms in total. The first-order valence-electron chi connectivity index (χ1n) is 6.39. The summed E-state index contributed by atoms with van der Waals surface area (Å²) in [6.07, 6.45) is 3.50. The van der Waals surface area contributed by atoms with Crippen LogP contribution in [0.25, 0.3) is 0 Å². The van der Waals surface area contributed by atoms with E-state index in [-0.39, 0.29) is 20.9 Å². The maximum absolute atomic E-state index is 12.1. The number of hydrogen-bond acceptors (Lipinski definition) is 3. The van der Waals surface area contributed by atoms with Crippen molar-refractivity contribution in [3.05, 3.63) is 57.9 Å². The molecule has 1 aliphatic heterocycles. The molecular weight excluding hydrogens is 444 g/mol. The monoisotopic (exact) mass is 457 g/mol. The Morgan fingerprint density at radius 3 is 2.76 bits per heavy atom. The van der Waals surface area contributed by atoms with E-state index in [1.807, 2.05) is 36.4 Å². The van der Waals surface area contributed by atoms with Crippen LogP contribution >= 0.6 is 22.6 Å². The standard InChI is InChI=1S/C15H12IN3OSe/c16-12-3-1-2-4-13(12)18-15-19(14(20)10-21-15)9-11-5-7-17-8-6-11/h1-8H,9-10H2. The first-order chi connectivity index (χ1) is 10.2. The molecular formula is C15H12IN3OSe. The van der Waals surface area contributed by atoms with Crippen LogP contribution in [0.3, 0.4) is 0 Å². The van der Waals surface area contributed by atoms with Gasteiger partial charge in [0, 0.05) is 0 Å². The molecule has 1 amide bonds. The fraction of sp³-hybridized carbons (Fsp3) is 0.133. The number of aromatic nitrogens is 1. The van der Waals surface area contributed by atoms with Gasteiger partial charge in [0.05, 0.1) is 0 Å². The molecule has 3 rings (SSSR count). The number of amides is 1. The second-order valence-electron chi connectivity index (χ2n) is 4.47. The predicted octanol–water partition coefficient (Wildman–Crippen LogP) is 2.84.